The molecule has 17 heavy (non-hydrogen) atoms. The second kappa shape index (κ2) is 6.53. The molecule has 1 heterocycles. The van der Waals surface area contributed by atoms with E-state index >= 15 is 0 Å². The van der Waals surface area contributed by atoms with Gasteiger partial charge in [0, 0.05) is 24.2 Å². The third-order valence-electron chi connectivity index (χ3n) is 3.24. The van der Waals surface area contributed by atoms with Gasteiger partial charge in [-0.2, -0.15) is 0 Å². The third-order valence-corrected chi connectivity index (χ3v) is 4.13. The van der Waals surface area contributed by atoms with Gasteiger partial charge in [-0.15, -0.1) is 0 Å². The van der Waals surface area contributed by atoms with Gasteiger partial charge in [-0.3, -0.25) is 0 Å². The van der Waals surface area contributed by atoms with Gasteiger partial charge in [0.2, 0.25) is 0 Å². The van der Waals surface area contributed by atoms with Crippen molar-refractivity contribution in [2.24, 2.45) is 5.92 Å². The predicted octanol–water partition coefficient (Wildman–Crippen LogP) is 3.27. The molecule has 0 amide bonds. The molecule has 2 rings (SSSR count). The molecule has 0 spiro atoms. The van der Waals surface area contributed by atoms with Gasteiger partial charge in [0.25, 0.3) is 0 Å². The minimum atomic E-state index is 0.695. The molecule has 1 saturated heterocycles. The van der Waals surface area contributed by atoms with E-state index in [2.05, 4.69) is 46.4 Å². The highest BCUT2D eigenvalue weighted by Crippen LogP contribution is 2.17. The highest BCUT2D eigenvalue weighted by Gasteiger charge is 2.12. The second-order valence-corrected chi connectivity index (χ2v) is 5.65. The highest BCUT2D eigenvalue weighted by molar-refractivity contribution is 9.10. The van der Waals surface area contributed by atoms with Crippen molar-refractivity contribution in [1.82, 2.24) is 5.32 Å². The first-order valence-electron chi connectivity index (χ1n) is 6.29. The average molecular weight is 298 g/mol. The van der Waals surface area contributed by atoms with E-state index in [1.165, 1.54) is 28.4 Å². The maximum atomic E-state index is 5.47. The van der Waals surface area contributed by atoms with Crippen LogP contribution in [0.2, 0.25) is 0 Å². The second-order valence-electron chi connectivity index (χ2n) is 4.80. The lowest BCUT2D eigenvalue weighted by atomic mass is 10.0. The summed E-state index contributed by atoms with van der Waals surface area (Å²) in [6.07, 6.45) is 2.51. The van der Waals surface area contributed by atoms with Gasteiger partial charge in [-0.1, -0.05) is 28.1 Å². The Bertz CT molecular complexity index is 361. The standard InChI is InChI=1S/C14H20BrNO/c1-11-7-12(4-5-14(11)15)8-16-9-13-3-2-6-17-10-13/h4-5,7,13,16H,2-3,6,8-10H2,1H3. The maximum absolute atomic E-state index is 5.47. The lowest BCUT2D eigenvalue weighted by Gasteiger charge is -2.22. The van der Waals surface area contributed by atoms with Crippen LogP contribution in [0.25, 0.3) is 0 Å². The molecular formula is C14H20BrNO. The number of hydrogen-bond acceptors (Lipinski definition) is 2. The number of aryl methyl sites for hydroxylation is 1. The quantitative estimate of drug-likeness (QED) is 0.921. The molecule has 94 valence electrons. The summed E-state index contributed by atoms with van der Waals surface area (Å²) in [6.45, 7) is 6.01. The Hall–Kier alpha value is -0.380. The SMILES string of the molecule is Cc1cc(CNCC2CCCOC2)ccc1Br. The van der Waals surface area contributed by atoms with Crippen LogP contribution in [0.3, 0.4) is 0 Å². The van der Waals surface area contributed by atoms with Crippen LogP contribution in [0.5, 0.6) is 0 Å². The molecule has 2 nitrogen and oxygen atoms in total. The highest BCUT2D eigenvalue weighted by atomic mass is 79.9. The van der Waals surface area contributed by atoms with Crippen LogP contribution in [-0.2, 0) is 11.3 Å². The summed E-state index contributed by atoms with van der Waals surface area (Å²) in [7, 11) is 0. The zero-order valence-electron chi connectivity index (χ0n) is 10.3. The molecular weight excluding hydrogens is 278 g/mol. The zero-order valence-corrected chi connectivity index (χ0v) is 11.9. The first-order chi connectivity index (χ1) is 8.25. The summed E-state index contributed by atoms with van der Waals surface area (Å²) in [5.41, 5.74) is 2.65. The number of benzene rings is 1. The van der Waals surface area contributed by atoms with Crippen LogP contribution in [-0.4, -0.2) is 19.8 Å². The largest absolute Gasteiger partial charge is 0.381 e. The van der Waals surface area contributed by atoms with E-state index in [-0.39, 0.29) is 0 Å². The van der Waals surface area contributed by atoms with Crippen molar-refractivity contribution in [2.45, 2.75) is 26.3 Å². The van der Waals surface area contributed by atoms with Gasteiger partial charge in [0.15, 0.2) is 0 Å². The molecule has 1 unspecified atom stereocenters. The Labute approximate surface area is 112 Å². The monoisotopic (exact) mass is 297 g/mol. The summed E-state index contributed by atoms with van der Waals surface area (Å²) in [5, 5.41) is 3.52. The van der Waals surface area contributed by atoms with Crippen molar-refractivity contribution in [3.63, 3.8) is 0 Å². The smallest absolute Gasteiger partial charge is 0.0506 e. The molecule has 3 heteroatoms. The normalized spacial score (nSPS) is 20.5. The number of halogens is 1. The Morgan fingerprint density at radius 1 is 1.47 bits per heavy atom. The summed E-state index contributed by atoms with van der Waals surface area (Å²) in [4.78, 5) is 0. The molecule has 0 aromatic heterocycles. The lowest BCUT2D eigenvalue weighted by molar-refractivity contribution is 0.0547. The molecule has 1 aromatic carbocycles. The summed E-state index contributed by atoms with van der Waals surface area (Å²) >= 11 is 3.52. The molecule has 1 fully saturated rings. The number of rotatable bonds is 4. The molecule has 1 atom stereocenters. The predicted molar refractivity (Wildman–Crippen MR) is 74.1 cm³/mol. The first kappa shape index (κ1) is 13.1. The van der Waals surface area contributed by atoms with E-state index in [1.54, 1.807) is 0 Å². The van der Waals surface area contributed by atoms with Crippen LogP contribution >= 0.6 is 15.9 Å². The van der Waals surface area contributed by atoms with Crippen molar-refractivity contribution < 1.29 is 4.74 Å². The number of ether oxygens (including phenoxy) is 1. The molecule has 1 aromatic rings. The van der Waals surface area contributed by atoms with Crippen LogP contribution in [0, 0.1) is 12.8 Å². The zero-order chi connectivity index (χ0) is 12.1. The maximum Gasteiger partial charge on any atom is 0.0506 e. The Balaban J connectivity index is 1.75. The van der Waals surface area contributed by atoms with Crippen molar-refractivity contribution in [3.8, 4) is 0 Å². The molecule has 1 aliphatic rings. The molecule has 1 aliphatic heterocycles. The summed E-state index contributed by atoms with van der Waals surface area (Å²) in [6, 6.07) is 6.52. The van der Waals surface area contributed by atoms with Gasteiger partial charge >= 0.3 is 0 Å². The van der Waals surface area contributed by atoms with Gasteiger partial charge in [-0.05, 0) is 42.9 Å². The summed E-state index contributed by atoms with van der Waals surface area (Å²) < 4.78 is 6.66. The van der Waals surface area contributed by atoms with Crippen LogP contribution in [0.15, 0.2) is 22.7 Å². The fourth-order valence-electron chi connectivity index (χ4n) is 2.21. The van der Waals surface area contributed by atoms with E-state index in [0.29, 0.717) is 5.92 Å². The minimum absolute atomic E-state index is 0.695. The van der Waals surface area contributed by atoms with E-state index in [1.807, 2.05) is 0 Å². The van der Waals surface area contributed by atoms with Gasteiger partial charge in [-0.25, -0.2) is 0 Å². The van der Waals surface area contributed by atoms with Crippen molar-refractivity contribution in [3.05, 3.63) is 33.8 Å². The molecule has 0 aliphatic carbocycles. The average Bonchev–Trinajstić information content (AvgIpc) is 2.35. The van der Waals surface area contributed by atoms with Crippen molar-refractivity contribution >= 4 is 15.9 Å². The van der Waals surface area contributed by atoms with Crippen LogP contribution in [0.1, 0.15) is 24.0 Å². The number of nitrogens with one attached hydrogen (secondary N) is 1. The Kier molecular flexibility index (Phi) is 5.01. The minimum Gasteiger partial charge on any atom is -0.381 e. The molecule has 0 saturated carbocycles. The van der Waals surface area contributed by atoms with E-state index in [0.717, 1.165) is 26.3 Å². The summed E-state index contributed by atoms with van der Waals surface area (Å²) in [5.74, 6) is 0.695. The molecule has 0 radical (unpaired) electrons. The molecule has 0 bridgehead atoms. The van der Waals surface area contributed by atoms with Crippen LogP contribution in [0.4, 0.5) is 0 Å². The molecule has 1 N–H and O–H groups in total. The topological polar surface area (TPSA) is 21.3 Å². The van der Waals surface area contributed by atoms with Gasteiger partial charge in [0.1, 0.15) is 0 Å². The fraction of sp³-hybridized carbons (Fsp3) is 0.571. The van der Waals surface area contributed by atoms with E-state index < -0.39 is 0 Å². The van der Waals surface area contributed by atoms with Gasteiger partial charge < -0.3 is 10.1 Å². The fourth-order valence-corrected chi connectivity index (χ4v) is 2.45. The van der Waals surface area contributed by atoms with E-state index in [9.17, 15) is 0 Å². The first-order valence-corrected chi connectivity index (χ1v) is 7.08. The van der Waals surface area contributed by atoms with Crippen LogP contribution < -0.4 is 5.32 Å². The Morgan fingerprint density at radius 3 is 3.06 bits per heavy atom. The van der Waals surface area contributed by atoms with E-state index in [4.69, 9.17) is 4.74 Å². The van der Waals surface area contributed by atoms with Crippen molar-refractivity contribution in [2.75, 3.05) is 19.8 Å². The third kappa shape index (κ3) is 4.09. The van der Waals surface area contributed by atoms with Gasteiger partial charge in [0.05, 0.1) is 6.61 Å². The lowest BCUT2D eigenvalue weighted by Crippen LogP contribution is -2.28. The Morgan fingerprint density at radius 2 is 2.35 bits per heavy atom. The number of hydrogen-bond donors (Lipinski definition) is 1. The van der Waals surface area contributed by atoms with Crippen molar-refractivity contribution in [1.29, 1.82) is 0 Å².